The fourth-order valence-corrected chi connectivity index (χ4v) is 3.62. The molecule has 29 heavy (non-hydrogen) atoms. The molecule has 0 aromatic carbocycles. The molecule has 0 aliphatic carbocycles. The van der Waals surface area contributed by atoms with Gasteiger partial charge in [-0.1, -0.05) is 42.4 Å². The third-order valence-electron chi connectivity index (χ3n) is 5.87. The van der Waals surface area contributed by atoms with Crippen LogP contribution in [0.2, 0.25) is 0 Å². The summed E-state index contributed by atoms with van der Waals surface area (Å²) in [6, 6.07) is 0. The summed E-state index contributed by atoms with van der Waals surface area (Å²) in [5, 5.41) is 0. The normalized spacial score (nSPS) is 24.1. The molecule has 0 aromatic heterocycles. The van der Waals surface area contributed by atoms with Crippen LogP contribution in [-0.2, 0) is 0 Å². The van der Waals surface area contributed by atoms with Gasteiger partial charge in [0.2, 0.25) is 0 Å². The van der Waals surface area contributed by atoms with Crippen LogP contribution in [0.4, 0.5) is 0 Å². The molecule has 0 radical (unpaired) electrons. The van der Waals surface area contributed by atoms with E-state index in [0.29, 0.717) is 0 Å². The van der Waals surface area contributed by atoms with E-state index in [1.165, 1.54) is 77.7 Å². The van der Waals surface area contributed by atoms with Crippen LogP contribution in [0.15, 0.2) is 34.9 Å². The molecular weight excluding hydrogens is 354 g/mol. The SMILES string of the molecule is C.C/C1=C/CCN(C)CCC1.CC1=CCCN(C)CC1.CC1=CCN(C)CCC1. The fourth-order valence-electron chi connectivity index (χ4n) is 3.62. The van der Waals surface area contributed by atoms with Crippen molar-refractivity contribution < 1.29 is 0 Å². The molecule has 3 aliphatic heterocycles. The first-order valence-electron chi connectivity index (χ1n) is 11.4. The maximum atomic E-state index is 2.41. The number of allylic oxidation sites excluding steroid dienone is 2. The fraction of sp³-hybridized carbons (Fsp3) is 0.769. The van der Waals surface area contributed by atoms with Crippen LogP contribution in [0.3, 0.4) is 0 Å². The lowest BCUT2D eigenvalue weighted by Gasteiger charge is -2.18. The van der Waals surface area contributed by atoms with Gasteiger partial charge in [-0.25, -0.2) is 0 Å². The van der Waals surface area contributed by atoms with E-state index in [9.17, 15) is 0 Å². The van der Waals surface area contributed by atoms with Gasteiger partial charge in [-0.05, 0) is 99.9 Å². The lowest BCUT2D eigenvalue weighted by atomic mass is 10.1. The van der Waals surface area contributed by atoms with E-state index < -0.39 is 0 Å². The van der Waals surface area contributed by atoms with Gasteiger partial charge in [-0.2, -0.15) is 0 Å². The van der Waals surface area contributed by atoms with Crippen molar-refractivity contribution in [2.24, 2.45) is 0 Å². The molecule has 0 bridgehead atoms. The molecule has 0 aromatic rings. The van der Waals surface area contributed by atoms with Gasteiger partial charge >= 0.3 is 0 Å². The van der Waals surface area contributed by atoms with Crippen LogP contribution >= 0.6 is 0 Å². The zero-order valence-corrected chi connectivity index (χ0v) is 19.8. The Kier molecular flexibility index (Phi) is 16.3. The predicted molar refractivity (Wildman–Crippen MR) is 133 cm³/mol. The monoisotopic (exact) mass is 405 g/mol. The zero-order valence-electron chi connectivity index (χ0n) is 19.8. The van der Waals surface area contributed by atoms with Gasteiger partial charge in [0.25, 0.3) is 0 Å². The van der Waals surface area contributed by atoms with Crippen molar-refractivity contribution in [3.05, 3.63) is 34.9 Å². The Morgan fingerprint density at radius 3 is 1.59 bits per heavy atom. The highest BCUT2D eigenvalue weighted by Gasteiger charge is 2.02. The van der Waals surface area contributed by atoms with Crippen molar-refractivity contribution >= 4 is 0 Å². The summed E-state index contributed by atoms with van der Waals surface area (Å²) in [5.41, 5.74) is 4.69. The lowest BCUT2D eigenvalue weighted by molar-refractivity contribution is 0.331. The molecule has 0 saturated carbocycles. The maximum absolute atomic E-state index is 2.41. The Morgan fingerprint density at radius 1 is 0.552 bits per heavy atom. The number of hydrogen-bond donors (Lipinski definition) is 0. The van der Waals surface area contributed by atoms with Crippen LogP contribution in [0.25, 0.3) is 0 Å². The Labute approximate surface area is 183 Å². The summed E-state index contributed by atoms with van der Waals surface area (Å²) in [4.78, 5) is 7.15. The molecule has 0 amide bonds. The first kappa shape index (κ1) is 28.1. The van der Waals surface area contributed by atoms with Crippen molar-refractivity contribution in [3.8, 4) is 0 Å². The largest absolute Gasteiger partial charge is 0.306 e. The van der Waals surface area contributed by atoms with Crippen molar-refractivity contribution in [1.29, 1.82) is 0 Å². The third-order valence-corrected chi connectivity index (χ3v) is 5.87. The van der Waals surface area contributed by atoms with Crippen molar-refractivity contribution in [2.75, 3.05) is 60.4 Å². The molecule has 0 fully saturated rings. The second-order valence-corrected chi connectivity index (χ2v) is 9.05. The standard InChI is InChI=1S/C9H17N.2C8H15N.CH4/c1-9-5-3-7-10(2)8-4-6-9;2*1-8-4-3-6-9(2)7-5-8;/h5H,3-4,6-8H2,1-2H3;5H,3-4,6-7H2,1-2H3;4H,3,5-7H2,1-2H3;1H4/b9-5-;;;. The van der Waals surface area contributed by atoms with E-state index in [0.717, 1.165) is 6.54 Å². The van der Waals surface area contributed by atoms with Gasteiger partial charge in [0, 0.05) is 26.2 Å². The summed E-state index contributed by atoms with van der Waals surface area (Å²) >= 11 is 0. The molecule has 170 valence electrons. The number of nitrogens with zero attached hydrogens (tertiary/aromatic N) is 3. The second kappa shape index (κ2) is 16.8. The Hall–Kier alpha value is -0.900. The Bertz CT molecular complexity index is 504. The van der Waals surface area contributed by atoms with Crippen molar-refractivity contribution in [1.82, 2.24) is 14.7 Å². The summed E-state index contributed by atoms with van der Waals surface area (Å²) in [6.07, 6.45) is 16.0. The van der Waals surface area contributed by atoms with Gasteiger partial charge in [-0.3, -0.25) is 0 Å². The smallest absolute Gasteiger partial charge is 0.0162 e. The van der Waals surface area contributed by atoms with E-state index in [4.69, 9.17) is 0 Å². The molecule has 3 heterocycles. The molecule has 0 atom stereocenters. The number of hydrogen-bond acceptors (Lipinski definition) is 3. The van der Waals surface area contributed by atoms with E-state index in [1.54, 1.807) is 16.7 Å². The van der Waals surface area contributed by atoms with Crippen LogP contribution in [0.5, 0.6) is 0 Å². The molecule has 3 aliphatic rings. The van der Waals surface area contributed by atoms with Crippen LogP contribution in [0, 0.1) is 0 Å². The average molecular weight is 406 g/mol. The lowest BCUT2D eigenvalue weighted by Crippen LogP contribution is -2.21. The summed E-state index contributed by atoms with van der Waals surface area (Å²) in [7, 11) is 6.57. The highest BCUT2D eigenvalue weighted by atomic mass is 15.1. The van der Waals surface area contributed by atoms with Crippen molar-refractivity contribution in [3.63, 3.8) is 0 Å². The summed E-state index contributed by atoms with van der Waals surface area (Å²) < 4.78 is 0. The molecule has 3 nitrogen and oxygen atoms in total. The second-order valence-electron chi connectivity index (χ2n) is 9.05. The van der Waals surface area contributed by atoms with E-state index in [2.05, 4.69) is 74.8 Å². The van der Waals surface area contributed by atoms with Gasteiger partial charge in [0.05, 0.1) is 0 Å². The molecule has 0 unspecified atom stereocenters. The summed E-state index contributed by atoms with van der Waals surface area (Å²) in [5.74, 6) is 0. The quantitative estimate of drug-likeness (QED) is 0.458. The Morgan fingerprint density at radius 2 is 1.00 bits per heavy atom. The van der Waals surface area contributed by atoms with E-state index in [-0.39, 0.29) is 7.43 Å². The van der Waals surface area contributed by atoms with Crippen LogP contribution < -0.4 is 0 Å². The van der Waals surface area contributed by atoms with Crippen molar-refractivity contribution in [2.45, 2.75) is 73.1 Å². The van der Waals surface area contributed by atoms with Gasteiger partial charge in [0.15, 0.2) is 0 Å². The minimum absolute atomic E-state index is 0. The van der Waals surface area contributed by atoms with Gasteiger partial charge < -0.3 is 14.7 Å². The van der Waals surface area contributed by atoms with E-state index >= 15 is 0 Å². The first-order valence-corrected chi connectivity index (χ1v) is 11.4. The van der Waals surface area contributed by atoms with Crippen LogP contribution in [0.1, 0.15) is 73.1 Å². The molecule has 0 saturated heterocycles. The Balaban J connectivity index is 0.000000399. The molecule has 0 spiro atoms. The molecular formula is C26H51N3. The van der Waals surface area contributed by atoms with Gasteiger partial charge in [-0.15, -0.1) is 0 Å². The maximum Gasteiger partial charge on any atom is 0.0162 e. The predicted octanol–water partition coefficient (Wildman–Crippen LogP) is 6.00. The summed E-state index contributed by atoms with van der Waals surface area (Å²) in [6.45, 7) is 14.1. The average Bonchev–Trinajstić information content (AvgIpc) is 2.94. The number of rotatable bonds is 0. The number of likely N-dealkylation sites (N-methyl/N-ethyl adjacent to an activating group) is 1. The third kappa shape index (κ3) is 15.6. The first-order chi connectivity index (χ1) is 13.4. The van der Waals surface area contributed by atoms with E-state index in [1.807, 2.05) is 0 Å². The molecule has 0 N–H and O–H groups in total. The minimum Gasteiger partial charge on any atom is -0.306 e. The van der Waals surface area contributed by atoms with Gasteiger partial charge in [0.1, 0.15) is 0 Å². The minimum atomic E-state index is 0. The van der Waals surface area contributed by atoms with Crippen LogP contribution in [-0.4, -0.2) is 75.1 Å². The highest BCUT2D eigenvalue weighted by molar-refractivity contribution is 5.01. The molecule has 3 heteroatoms. The zero-order chi connectivity index (χ0) is 20.8. The topological polar surface area (TPSA) is 9.72 Å². The highest BCUT2D eigenvalue weighted by Crippen LogP contribution is 2.10. The molecule has 3 rings (SSSR count).